The van der Waals surface area contributed by atoms with E-state index in [1.54, 1.807) is 17.7 Å². The molecule has 9 heteroatoms. The Labute approximate surface area is 146 Å². The van der Waals surface area contributed by atoms with E-state index in [9.17, 15) is 14.0 Å². The van der Waals surface area contributed by atoms with E-state index in [-0.39, 0.29) is 24.6 Å². The number of halogens is 1. The molecule has 2 aromatic heterocycles. The number of benzene rings is 1. The third-order valence-electron chi connectivity index (χ3n) is 4.05. The molecule has 132 valence electrons. The average Bonchev–Trinajstić information content (AvgIpc) is 3.04. The first-order valence-electron chi connectivity index (χ1n) is 7.70. The lowest BCUT2D eigenvalue weighted by Crippen LogP contribution is -2.38. The van der Waals surface area contributed by atoms with Gasteiger partial charge in [0.25, 0.3) is 11.8 Å². The molecule has 3 heterocycles. The molecule has 4 rings (SSSR count). The summed E-state index contributed by atoms with van der Waals surface area (Å²) < 4.78 is 20.2. The molecule has 3 aromatic rings. The van der Waals surface area contributed by atoms with Crippen molar-refractivity contribution in [2.45, 2.75) is 6.54 Å². The molecular weight excluding hydrogens is 343 g/mol. The average molecular weight is 356 g/mol. The number of imidazole rings is 1. The van der Waals surface area contributed by atoms with Gasteiger partial charge in [-0.05, 0) is 30.3 Å². The minimum absolute atomic E-state index is 0.128. The first kappa shape index (κ1) is 16.0. The van der Waals surface area contributed by atoms with Gasteiger partial charge in [0.15, 0.2) is 6.61 Å². The van der Waals surface area contributed by atoms with Gasteiger partial charge in [-0.15, -0.1) is 0 Å². The quantitative estimate of drug-likeness (QED) is 0.548. The molecule has 1 aromatic carbocycles. The first-order chi connectivity index (χ1) is 12.5. The molecule has 0 saturated carbocycles. The van der Waals surface area contributed by atoms with E-state index in [1.165, 1.54) is 39.8 Å². The molecule has 8 nitrogen and oxygen atoms in total. The molecule has 0 atom stereocenters. The molecule has 1 aliphatic rings. The topological polar surface area (TPSA) is 96.2 Å². The number of pyridine rings is 1. The maximum Gasteiger partial charge on any atom is 0.274 e. The van der Waals surface area contributed by atoms with Gasteiger partial charge in [0.1, 0.15) is 17.2 Å². The van der Waals surface area contributed by atoms with Crippen LogP contribution in [0.2, 0.25) is 0 Å². The van der Waals surface area contributed by atoms with Crippen LogP contribution in [-0.4, -0.2) is 33.0 Å². The normalized spacial score (nSPS) is 13.5. The van der Waals surface area contributed by atoms with Gasteiger partial charge in [0.2, 0.25) is 0 Å². The van der Waals surface area contributed by atoms with Gasteiger partial charge in [0.05, 0.1) is 17.9 Å². The smallest absolute Gasteiger partial charge is 0.274 e. The Balaban J connectivity index is 1.71. The van der Waals surface area contributed by atoms with Crippen molar-refractivity contribution in [2.24, 2.45) is 0 Å². The fourth-order valence-corrected chi connectivity index (χ4v) is 2.84. The second kappa shape index (κ2) is 6.12. The molecule has 0 radical (unpaired) electrons. The summed E-state index contributed by atoms with van der Waals surface area (Å²) in [5.41, 5.74) is 3.22. The molecule has 0 spiro atoms. The Morgan fingerprint density at radius 2 is 2.15 bits per heavy atom. The minimum atomic E-state index is -0.700. The highest BCUT2D eigenvalue weighted by molar-refractivity contribution is 6.00. The summed E-state index contributed by atoms with van der Waals surface area (Å²) in [5.74, 6) is -0.959. The monoisotopic (exact) mass is 356 g/mol. The molecule has 0 bridgehead atoms. The predicted octanol–water partition coefficient (Wildman–Crippen LogP) is 1.52. The zero-order valence-corrected chi connectivity index (χ0v) is 13.3. The van der Waals surface area contributed by atoms with Gasteiger partial charge >= 0.3 is 0 Å². The Kier molecular flexibility index (Phi) is 3.77. The van der Waals surface area contributed by atoms with Crippen molar-refractivity contribution >= 4 is 23.1 Å². The van der Waals surface area contributed by atoms with Crippen molar-refractivity contribution in [3.05, 3.63) is 59.8 Å². The molecular formula is C17H13FN4O4. The summed E-state index contributed by atoms with van der Waals surface area (Å²) >= 11 is 0. The van der Waals surface area contributed by atoms with E-state index < -0.39 is 11.7 Å². The highest BCUT2D eigenvalue weighted by atomic mass is 19.1. The standard InChI is InChI=1S/C17H13FN4O4/c18-11-2-4-15-19-12(7-21(15)6-11)8-22-13-5-10(17(24)20-25)1-3-14(13)26-9-16(22)23/h1-7,25H,8-9H2,(H,20,24). The van der Waals surface area contributed by atoms with Crippen LogP contribution in [0, 0.1) is 5.82 Å². The van der Waals surface area contributed by atoms with Crippen LogP contribution in [0.25, 0.3) is 5.65 Å². The Morgan fingerprint density at radius 1 is 1.31 bits per heavy atom. The zero-order valence-electron chi connectivity index (χ0n) is 13.3. The van der Waals surface area contributed by atoms with E-state index in [0.29, 0.717) is 22.8 Å². The van der Waals surface area contributed by atoms with E-state index in [2.05, 4.69) is 4.98 Å². The molecule has 26 heavy (non-hydrogen) atoms. The number of amides is 2. The summed E-state index contributed by atoms with van der Waals surface area (Å²) in [6.45, 7) is -0.0107. The summed E-state index contributed by atoms with van der Waals surface area (Å²) in [5, 5.41) is 8.79. The van der Waals surface area contributed by atoms with Crippen molar-refractivity contribution in [3.63, 3.8) is 0 Å². The molecule has 2 N–H and O–H groups in total. The molecule has 2 amide bonds. The summed E-state index contributed by atoms with van der Waals surface area (Å²) in [6, 6.07) is 7.33. The van der Waals surface area contributed by atoms with Crippen LogP contribution in [0.3, 0.4) is 0 Å². The molecule has 0 saturated heterocycles. The summed E-state index contributed by atoms with van der Waals surface area (Å²) in [7, 11) is 0. The number of ether oxygens (including phenoxy) is 1. The summed E-state index contributed by atoms with van der Waals surface area (Å²) in [4.78, 5) is 29.8. The van der Waals surface area contributed by atoms with Crippen LogP contribution in [0.15, 0.2) is 42.7 Å². The molecule has 0 fully saturated rings. The SMILES string of the molecule is O=C(NO)c1ccc2c(c1)N(Cc1cn3cc(F)ccc3n1)C(=O)CO2. The van der Waals surface area contributed by atoms with Crippen molar-refractivity contribution < 1.29 is 23.9 Å². The maximum absolute atomic E-state index is 13.3. The third-order valence-corrected chi connectivity index (χ3v) is 4.05. The van der Waals surface area contributed by atoms with Gasteiger partial charge in [-0.25, -0.2) is 14.9 Å². The number of rotatable bonds is 3. The van der Waals surface area contributed by atoms with Crippen LogP contribution in [-0.2, 0) is 11.3 Å². The van der Waals surface area contributed by atoms with Crippen LogP contribution in [0.1, 0.15) is 16.1 Å². The van der Waals surface area contributed by atoms with Crippen molar-refractivity contribution in [1.82, 2.24) is 14.9 Å². The molecule has 0 aliphatic carbocycles. The number of carbonyl (C=O) groups excluding carboxylic acids is 2. The van der Waals surface area contributed by atoms with Crippen molar-refractivity contribution in [1.29, 1.82) is 0 Å². The molecule has 0 unspecified atom stereocenters. The van der Waals surface area contributed by atoms with E-state index in [0.717, 1.165) is 0 Å². The van der Waals surface area contributed by atoms with Crippen LogP contribution < -0.4 is 15.1 Å². The zero-order chi connectivity index (χ0) is 18.3. The highest BCUT2D eigenvalue weighted by Gasteiger charge is 2.27. The van der Waals surface area contributed by atoms with Crippen LogP contribution >= 0.6 is 0 Å². The number of fused-ring (bicyclic) bond motifs is 2. The number of hydrogen-bond acceptors (Lipinski definition) is 5. The number of nitrogens with zero attached hydrogens (tertiary/aromatic N) is 3. The lowest BCUT2D eigenvalue weighted by Gasteiger charge is -2.29. The van der Waals surface area contributed by atoms with Gasteiger partial charge in [0, 0.05) is 18.0 Å². The number of nitrogens with one attached hydrogen (secondary N) is 1. The second-order valence-corrected chi connectivity index (χ2v) is 5.74. The van der Waals surface area contributed by atoms with E-state index >= 15 is 0 Å². The van der Waals surface area contributed by atoms with Gasteiger partial charge < -0.3 is 9.14 Å². The Morgan fingerprint density at radius 3 is 2.96 bits per heavy atom. The number of aromatic nitrogens is 2. The van der Waals surface area contributed by atoms with E-state index in [4.69, 9.17) is 9.94 Å². The predicted molar refractivity (Wildman–Crippen MR) is 87.5 cm³/mol. The lowest BCUT2D eigenvalue weighted by molar-refractivity contribution is -0.121. The lowest BCUT2D eigenvalue weighted by atomic mass is 10.1. The highest BCUT2D eigenvalue weighted by Crippen LogP contribution is 2.34. The van der Waals surface area contributed by atoms with Gasteiger partial charge in [-0.1, -0.05) is 0 Å². The van der Waals surface area contributed by atoms with Crippen molar-refractivity contribution in [2.75, 3.05) is 11.5 Å². The van der Waals surface area contributed by atoms with Crippen LogP contribution in [0.5, 0.6) is 5.75 Å². The van der Waals surface area contributed by atoms with E-state index in [1.807, 2.05) is 0 Å². The third kappa shape index (κ3) is 2.74. The second-order valence-electron chi connectivity index (χ2n) is 5.74. The largest absolute Gasteiger partial charge is 0.482 e. The first-order valence-corrected chi connectivity index (χ1v) is 7.70. The van der Waals surface area contributed by atoms with Gasteiger partial charge in [-0.2, -0.15) is 0 Å². The Bertz CT molecular complexity index is 1030. The number of carbonyl (C=O) groups is 2. The fourth-order valence-electron chi connectivity index (χ4n) is 2.84. The molecule has 1 aliphatic heterocycles. The number of hydrogen-bond donors (Lipinski definition) is 2. The minimum Gasteiger partial charge on any atom is -0.482 e. The fraction of sp³-hybridized carbons (Fsp3) is 0.118. The maximum atomic E-state index is 13.3. The van der Waals surface area contributed by atoms with Crippen molar-refractivity contribution in [3.8, 4) is 5.75 Å². The Hall–Kier alpha value is -3.46. The summed E-state index contributed by atoms with van der Waals surface area (Å²) in [6.07, 6.45) is 2.93. The van der Waals surface area contributed by atoms with Crippen LogP contribution in [0.4, 0.5) is 10.1 Å². The van der Waals surface area contributed by atoms with Gasteiger partial charge in [-0.3, -0.25) is 19.7 Å². The number of anilines is 1. The number of hydroxylamine groups is 1.